The number of benzene rings is 1. The van der Waals surface area contributed by atoms with Crippen LogP contribution in [0.1, 0.15) is 26.7 Å². The lowest BCUT2D eigenvalue weighted by Crippen LogP contribution is -2.53. The SMILES string of the molecule is CCC(CC)C(=O)OC1CN(c2nc3ccc(F)cc3s2)C1. The Bertz CT molecular complexity index is 678. The van der Waals surface area contributed by atoms with Crippen LogP contribution in [0.3, 0.4) is 0 Å². The zero-order valence-corrected chi connectivity index (χ0v) is 13.5. The zero-order valence-electron chi connectivity index (χ0n) is 12.7. The number of hydrogen-bond donors (Lipinski definition) is 0. The molecule has 4 nitrogen and oxygen atoms in total. The van der Waals surface area contributed by atoms with Gasteiger partial charge >= 0.3 is 5.97 Å². The molecule has 1 aliphatic heterocycles. The van der Waals surface area contributed by atoms with Crippen molar-refractivity contribution in [2.75, 3.05) is 18.0 Å². The van der Waals surface area contributed by atoms with Crippen molar-refractivity contribution >= 4 is 32.7 Å². The van der Waals surface area contributed by atoms with Crippen molar-refractivity contribution in [3.8, 4) is 0 Å². The summed E-state index contributed by atoms with van der Waals surface area (Å²) >= 11 is 1.47. The molecule has 0 bridgehead atoms. The Morgan fingerprint density at radius 3 is 2.86 bits per heavy atom. The van der Waals surface area contributed by atoms with E-state index >= 15 is 0 Å². The highest BCUT2D eigenvalue weighted by Crippen LogP contribution is 2.32. The number of nitrogens with zero attached hydrogens (tertiary/aromatic N) is 2. The monoisotopic (exact) mass is 322 g/mol. The van der Waals surface area contributed by atoms with E-state index < -0.39 is 0 Å². The molecule has 0 atom stereocenters. The van der Waals surface area contributed by atoms with Gasteiger partial charge in [-0.1, -0.05) is 25.2 Å². The lowest BCUT2D eigenvalue weighted by atomic mass is 10.0. The minimum Gasteiger partial charge on any atom is -0.458 e. The van der Waals surface area contributed by atoms with Crippen LogP contribution in [0.2, 0.25) is 0 Å². The van der Waals surface area contributed by atoms with E-state index in [0.29, 0.717) is 13.1 Å². The maximum Gasteiger partial charge on any atom is 0.309 e. The van der Waals surface area contributed by atoms with Gasteiger partial charge in [-0.2, -0.15) is 0 Å². The van der Waals surface area contributed by atoms with Gasteiger partial charge in [-0.15, -0.1) is 0 Å². The van der Waals surface area contributed by atoms with Crippen molar-refractivity contribution in [2.24, 2.45) is 5.92 Å². The molecule has 0 aliphatic carbocycles. The number of carbonyl (C=O) groups excluding carboxylic acids is 1. The first-order valence-corrected chi connectivity index (χ1v) is 8.43. The summed E-state index contributed by atoms with van der Waals surface area (Å²) in [6.07, 6.45) is 1.57. The highest BCUT2D eigenvalue weighted by Gasteiger charge is 2.33. The number of carbonyl (C=O) groups is 1. The first-order valence-electron chi connectivity index (χ1n) is 7.62. The van der Waals surface area contributed by atoms with Gasteiger partial charge in [0, 0.05) is 0 Å². The quantitative estimate of drug-likeness (QED) is 0.789. The lowest BCUT2D eigenvalue weighted by Gasteiger charge is -2.38. The molecule has 3 rings (SSSR count). The van der Waals surface area contributed by atoms with E-state index in [1.54, 1.807) is 6.07 Å². The molecule has 0 amide bonds. The van der Waals surface area contributed by atoms with Crippen molar-refractivity contribution in [3.63, 3.8) is 0 Å². The fraction of sp³-hybridized carbons (Fsp3) is 0.500. The van der Waals surface area contributed by atoms with Crippen LogP contribution in [0, 0.1) is 11.7 Å². The molecule has 0 unspecified atom stereocenters. The van der Waals surface area contributed by atoms with Gasteiger partial charge in [-0.25, -0.2) is 9.37 Å². The van der Waals surface area contributed by atoms with Gasteiger partial charge in [-0.3, -0.25) is 4.79 Å². The molecule has 0 spiro atoms. The summed E-state index contributed by atoms with van der Waals surface area (Å²) in [5.41, 5.74) is 0.805. The van der Waals surface area contributed by atoms with Crippen molar-refractivity contribution in [3.05, 3.63) is 24.0 Å². The standard InChI is InChI=1S/C16H19FN2O2S/c1-3-10(4-2)15(20)21-12-8-19(9-12)16-18-13-6-5-11(17)7-14(13)22-16/h5-7,10,12H,3-4,8-9H2,1-2H3. The van der Waals surface area contributed by atoms with Gasteiger partial charge < -0.3 is 9.64 Å². The largest absolute Gasteiger partial charge is 0.458 e. The van der Waals surface area contributed by atoms with Crippen LogP contribution in [-0.4, -0.2) is 30.1 Å². The van der Waals surface area contributed by atoms with Gasteiger partial charge in [0.2, 0.25) is 0 Å². The number of hydrogen-bond acceptors (Lipinski definition) is 5. The summed E-state index contributed by atoms with van der Waals surface area (Å²) in [7, 11) is 0. The van der Waals surface area contributed by atoms with Crippen LogP contribution in [-0.2, 0) is 9.53 Å². The molecule has 1 saturated heterocycles. The summed E-state index contributed by atoms with van der Waals surface area (Å²) in [4.78, 5) is 18.5. The van der Waals surface area contributed by atoms with Gasteiger partial charge in [0.25, 0.3) is 0 Å². The second kappa shape index (κ2) is 6.20. The first kappa shape index (κ1) is 15.2. The molecule has 22 heavy (non-hydrogen) atoms. The number of halogens is 1. The Hall–Kier alpha value is -1.69. The second-order valence-corrected chi connectivity index (χ2v) is 6.59. The molecular formula is C16H19FN2O2S. The third-order valence-corrected chi connectivity index (χ3v) is 5.14. The van der Waals surface area contributed by atoms with Crippen LogP contribution < -0.4 is 4.90 Å². The number of esters is 1. The summed E-state index contributed by atoms with van der Waals surface area (Å²) in [6, 6.07) is 4.61. The molecular weight excluding hydrogens is 303 g/mol. The highest BCUT2D eigenvalue weighted by molar-refractivity contribution is 7.22. The molecule has 118 valence electrons. The molecule has 0 N–H and O–H groups in total. The summed E-state index contributed by atoms with van der Waals surface area (Å²) in [6.45, 7) is 5.33. The predicted molar refractivity (Wildman–Crippen MR) is 85.7 cm³/mol. The van der Waals surface area contributed by atoms with Crippen LogP contribution in [0.25, 0.3) is 10.2 Å². The number of rotatable bonds is 5. The Kier molecular flexibility index (Phi) is 4.29. The molecule has 1 aromatic carbocycles. The Balaban J connectivity index is 1.59. The van der Waals surface area contributed by atoms with Crippen molar-refractivity contribution in [2.45, 2.75) is 32.8 Å². The number of ether oxygens (including phenoxy) is 1. The van der Waals surface area contributed by atoms with Crippen LogP contribution in [0.5, 0.6) is 0 Å². The average molecular weight is 322 g/mol. The van der Waals surface area contributed by atoms with E-state index in [1.165, 1.54) is 23.5 Å². The van der Waals surface area contributed by atoms with Crippen LogP contribution in [0.15, 0.2) is 18.2 Å². The molecule has 6 heteroatoms. The van der Waals surface area contributed by atoms with E-state index in [2.05, 4.69) is 9.88 Å². The smallest absolute Gasteiger partial charge is 0.309 e. The third-order valence-electron chi connectivity index (χ3n) is 4.06. The molecule has 1 fully saturated rings. The van der Waals surface area contributed by atoms with E-state index in [9.17, 15) is 9.18 Å². The van der Waals surface area contributed by atoms with Crippen molar-refractivity contribution < 1.29 is 13.9 Å². The fourth-order valence-electron chi connectivity index (χ4n) is 2.57. The van der Waals surface area contributed by atoms with Crippen molar-refractivity contribution in [1.82, 2.24) is 4.98 Å². The zero-order chi connectivity index (χ0) is 15.7. The first-order chi connectivity index (χ1) is 10.6. The minimum absolute atomic E-state index is 0.000485. The van der Waals surface area contributed by atoms with Gasteiger partial charge in [0.15, 0.2) is 5.13 Å². The average Bonchev–Trinajstić information content (AvgIpc) is 2.85. The molecule has 1 aliphatic rings. The molecule has 2 heterocycles. The predicted octanol–water partition coefficient (Wildman–Crippen LogP) is 3.60. The van der Waals surface area contributed by atoms with E-state index in [0.717, 1.165) is 28.2 Å². The summed E-state index contributed by atoms with van der Waals surface area (Å²) in [5, 5.41) is 0.857. The van der Waals surface area contributed by atoms with Gasteiger partial charge in [0.05, 0.1) is 29.2 Å². The Morgan fingerprint density at radius 2 is 2.18 bits per heavy atom. The van der Waals surface area contributed by atoms with E-state index in [4.69, 9.17) is 4.74 Å². The fourth-order valence-corrected chi connectivity index (χ4v) is 3.58. The Morgan fingerprint density at radius 1 is 1.45 bits per heavy atom. The maximum atomic E-state index is 13.2. The molecule has 1 aromatic heterocycles. The number of thiazole rings is 1. The number of fused-ring (bicyclic) bond motifs is 1. The molecule has 2 aromatic rings. The normalized spacial score (nSPS) is 15.4. The van der Waals surface area contributed by atoms with E-state index in [-0.39, 0.29) is 23.8 Å². The Labute approximate surface area is 132 Å². The topological polar surface area (TPSA) is 42.4 Å². The summed E-state index contributed by atoms with van der Waals surface area (Å²) < 4.78 is 19.6. The molecule has 0 saturated carbocycles. The van der Waals surface area contributed by atoms with Crippen LogP contribution >= 0.6 is 11.3 Å². The third kappa shape index (κ3) is 2.92. The van der Waals surface area contributed by atoms with Crippen LogP contribution in [0.4, 0.5) is 9.52 Å². The summed E-state index contributed by atoms with van der Waals surface area (Å²) in [5.74, 6) is -0.344. The molecule has 0 radical (unpaired) electrons. The number of aromatic nitrogens is 1. The van der Waals surface area contributed by atoms with Gasteiger partial charge in [-0.05, 0) is 31.0 Å². The maximum absolute atomic E-state index is 13.2. The van der Waals surface area contributed by atoms with Crippen molar-refractivity contribution in [1.29, 1.82) is 0 Å². The second-order valence-electron chi connectivity index (χ2n) is 5.59. The van der Waals surface area contributed by atoms with E-state index in [1.807, 2.05) is 13.8 Å². The van der Waals surface area contributed by atoms with Gasteiger partial charge in [0.1, 0.15) is 11.9 Å². The lowest BCUT2D eigenvalue weighted by molar-refractivity contribution is -0.155. The number of anilines is 1. The minimum atomic E-state index is -0.247. The highest BCUT2D eigenvalue weighted by atomic mass is 32.1.